The Labute approximate surface area is 254 Å². The Hall–Kier alpha value is -3.57. The fraction of sp³-hybridized carbons (Fsp3) is 0.303. The number of benzene rings is 3. The van der Waals surface area contributed by atoms with Crippen LogP contribution in [0.5, 0.6) is 0 Å². The van der Waals surface area contributed by atoms with Crippen LogP contribution in [0.2, 0.25) is 0 Å². The van der Waals surface area contributed by atoms with E-state index >= 15 is 0 Å². The molecule has 0 radical (unpaired) electrons. The van der Waals surface area contributed by atoms with E-state index < -0.39 is 31.1 Å². The Kier molecular flexibility index (Phi) is 8.02. The summed E-state index contributed by atoms with van der Waals surface area (Å²) in [6.45, 7) is 6.15. The number of para-hydroxylation sites is 2. The van der Waals surface area contributed by atoms with Crippen LogP contribution in [0.1, 0.15) is 51.2 Å². The van der Waals surface area contributed by atoms with Gasteiger partial charge in [-0.2, -0.15) is 4.58 Å². The number of rotatable bonds is 9. The fourth-order valence-electron chi connectivity index (χ4n) is 6.48. The summed E-state index contributed by atoms with van der Waals surface area (Å²) in [5.41, 5.74) is 5.66. The van der Waals surface area contributed by atoms with Gasteiger partial charge < -0.3 is 14.0 Å². The lowest BCUT2D eigenvalue weighted by molar-refractivity contribution is -0.401. The van der Waals surface area contributed by atoms with Gasteiger partial charge in [-0.3, -0.25) is 0 Å². The molecule has 3 aromatic carbocycles. The van der Waals surface area contributed by atoms with Gasteiger partial charge in [-0.05, 0) is 75.6 Å². The maximum atomic E-state index is 11.7. The van der Waals surface area contributed by atoms with E-state index in [4.69, 9.17) is 0 Å². The summed E-state index contributed by atoms with van der Waals surface area (Å²) in [5, 5.41) is 0. The van der Waals surface area contributed by atoms with E-state index in [9.17, 15) is 25.9 Å². The lowest BCUT2D eigenvalue weighted by Crippen LogP contribution is -2.27. The highest BCUT2D eigenvalue weighted by Crippen LogP contribution is 2.53. The number of anilines is 2. The van der Waals surface area contributed by atoms with E-state index in [1.54, 1.807) is 6.07 Å². The molecule has 0 aromatic heterocycles. The average Bonchev–Trinajstić information content (AvgIpc) is 3.30. The van der Waals surface area contributed by atoms with Crippen LogP contribution in [-0.2, 0) is 31.1 Å². The zero-order valence-electron chi connectivity index (χ0n) is 24.6. The van der Waals surface area contributed by atoms with Crippen molar-refractivity contribution in [2.24, 2.45) is 0 Å². The molecule has 5 rings (SSSR count). The molecule has 0 amide bonds. The SMILES string of the molecule is C[N+]1=C(C=CC=C2N(c3ccccc3)c3ccccc3C2(C)CCCCS(=O)(=O)[O-])C(C)(C)c2cc(S(=O)(=O)[O-])ccc21. The Balaban J connectivity index is 1.57. The molecule has 1 atom stereocenters. The Bertz CT molecular complexity index is 1880. The maximum Gasteiger partial charge on any atom is 0.209 e. The molecule has 0 saturated carbocycles. The fourth-order valence-corrected chi connectivity index (χ4v) is 7.54. The lowest BCUT2D eigenvalue weighted by Gasteiger charge is -2.30. The van der Waals surface area contributed by atoms with Gasteiger partial charge in [-0.25, -0.2) is 16.8 Å². The summed E-state index contributed by atoms with van der Waals surface area (Å²) >= 11 is 0. The largest absolute Gasteiger partial charge is 0.748 e. The number of nitrogens with zero attached hydrogens (tertiary/aromatic N) is 2. The summed E-state index contributed by atoms with van der Waals surface area (Å²) in [4.78, 5) is 1.97. The molecule has 2 heterocycles. The van der Waals surface area contributed by atoms with E-state index in [2.05, 4.69) is 30.0 Å². The zero-order chi connectivity index (χ0) is 31.2. The Morgan fingerprint density at radius 3 is 2.21 bits per heavy atom. The third kappa shape index (κ3) is 5.84. The van der Waals surface area contributed by atoms with Crippen molar-refractivity contribution in [3.63, 3.8) is 0 Å². The van der Waals surface area contributed by atoms with Crippen LogP contribution in [0.15, 0.2) is 102 Å². The number of allylic oxidation sites excluding steroid dienone is 4. The van der Waals surface area contributed by atoms with Gasteiger partial charge in [0.05, 0.1) is 20.4 Å². The van der Waals surface area contributed by atoms with Crippen LogP contribution in [0, 0.1) is 0 Å². The second kappa shape index (κ2) is 11.2. The molecule has 226 valence electrons. The smallest absolute Gasteiger partial charge is 0.209 e. The summed E-state index contributed by atoms with van der Waals surface area (Å²) in [7, 11) is -6.96. The molecule has 2 aliphatic heterocycles. The van der Waals surface area contributed by atoms with E-state index in [1.165, 1.54) is 12.1 Å². The topological polar surface area (TPSA) is 121 Å². The van der Waals surface area contributed by atoms with Crippen molar-refractivity contribution in [2.75, 3.05) is 17.7 Å². The van der Waals surface area contributed by atoms with Crippen molar-refractivity contribution >= 4 is 43.0 Å². The molecule has 0 N–H and O–H groups in total. The highest BCUT2D eigenvalue weighted by molar-refractivity contribution is 7.86. The van der Waals surface area contributed by atoms with Crippen LogP contribution in [0.25, 0.3) is 0 Å². The monoisotopic (exact) mass is 619 g/mol. The third-order valence-electron chi connectivity index (χ3n) is 8.68. The minimum Gasteiger partial charge on any atom is -0.748 e. The second-order valence-electron chi connectivity index (χ2n) is 11.9. The number of unbranched alkanes of at least 4 members (excludes halogenated alkanes) is 1. The van der Waals surface area contributed by atoms with Crippen molar-refractivity contribution in [3.05, 3.63) is 108 Å². The molecule has 0 fully saturated rings. The van der Waals surface area contributed by atoms with E-state index in [1.807, 2.05) is 80.1 Å². The van der Waals surface area contributed by atoms with Crippen molar-refractivity contribution < 1.29 is 30.5 Å². The number of hydrogen-bond acceptors (Lipinski definition) is 7. The molecule has 0 bridgehead atoms. The minimum absolute atomic E-state index is 0.247. The molecule has 0 saturated heterocycles. The van der Waals surface area contributed by atoms with Crippen LogP contribution < -0.4 is 4.90 Å². The van der Waals surface area contributed by atoms with E-state index in [0.717, 1.165) is 39.6 Å². The third-order valence-corrected chi connectivity index (χ3v) is 10.3. The summed E-state index contributed by atoms with van der Waals surface area (Å²) in [5.74, 6) is -0.387. The molecular formula is C33H35N2O6S2-. The lowest BCUT2D eigenvalue weighted by atomic mass is 9.77. The molecule has 43 heavy (non-hydrogen) atoms. The van der Waals surface area contributed by atoms with Crippen LogP contribution >= 0.6 is 0 Å². The highest BCUT2D eigenvalue weighted by Gasteiger charge is 2.45. The van der Waals surface area contributed by atoms with Crippen molar-refractivity contribution in [2.45, 2.75) is 55.8 Å². The summed E-state index contributed by atoms with van der Waals surface area (Å²) in [6, 6.07) is 22.7. The second-order valence-corrected chi connectivity index (χ2v) is 14.8. The molecule has 3 aromatic rings. The van der Waals surface area contributed by atoms with Gasteiger partial charge in [0.2, 0.25) is 5.69 Å². The molecule has 1 unspecified atom stereocenters. The predicted octanol–water partition coefficient (Wildman–Crippen LogP) is 5.86. The maximum absolute atomic E-state index is 11.7. The molecule has 2 aliphatic rings. The summed E-state index contributed by atoms with van der Waals surface area (Å²) < 4.78 is 71.0. The average molecular weight is 620 g/mol. The first-order valence-electron chi connectivity index (χ1n) is 14.1. The minimum atomic E-state index is -4.59. The van der Waals surface area contributed by atoms with E-state index in [-0.39, 0.29) is 17.1 Å². The molecule has 8 nitrogen and oxygen atoms in total. The quantitative estimate of drug-likeness (QED) is 0.167. The molecular weight excluding hydrogens is 585 g/mol. The normalized spacial score (nSPS) is 20.7. The molecule has 0 aliphatic carbocycles. The van der Waals surface area contributed by atoms with Crippen LogP contribution in [0.4, 0.5) is 17.1 Å². The van der Waals surface area contributed by atoms with Crippen molar-refractivity contribution in [1.29, 1.82) is 0 Å². The first-order valence-corrected chi connectivity index (χ1v) is 17.1. The number of hydrogen-bond donors (Lipinski definition) is 0. The predicted molar refractivity (Wildman–Crippen MR) is 166 cm³/mol. The zero-order valence-corrected chi connectivity index (χ0v) is 26.3. The Morgan fingerprint density at radius 1 is 0.860 bits per heavy atom. The standard InChI is InChI=1S/C33H36N2O6S2/c1-32(2)27-23-25(43(39,40)41)19-20-28(27)34(4)30(32)17-12-18-31-33(3,21-10-11-22-42(36,37)38)26-15-8-9-16-29(26)35(31)24-13-6-5-7-14-24/h5-9,12-20,23H,10-11,21-22H2,1-4H3,(H-,36,37,38,39,40,41)/p-1. The van der Waals surface area contributed by atoms with Gasteiger partial charge in [-0.15, -0.1) is 0 Å². The van der Waals surface area contributed by atoms with E-state index in [0.29, 0.717) is 12.8 Å². The number of fused-ring (bicyclic) bond motifs is 2. The molecule has 10 heteroatoms. The first-order chi connectivity index (χ1) is 20.1. The highest BCUT2D eigenvalue weighted by atomic mass is 32.2. The van der Waals surface area contributed by atoms with Gasteiger partial charge >= 0.3 is 0 Å². The van der Waals surface area contributed by atoms with Crippen molar-refractivity contribution in [1.82, 2.24) is 0 Å². The van der Waals surface area contributed by atoms with Crippen molar-refractivity contribution in [3.8, 4) is 0 Å². The Morgan fingerprint density at radius 2 is 1.53 bits per heavy atom. The van der Waals surface area contributed by atoms with Crippen LogP contribution in [0.3, 0.4) is 0 Å². The molecule has 0 spiro atoms. The van der Waals surface area contributed by atoms with Gasteiger partial charge in [-0.1, -0.05) is 48.9 Å². The van der Waals surface area contributed by atoms with Gasteiger partial charge in [0.15, 0.2) is 5.71 Å². The van der Waals surface area contributed by atoms with Gasteiger partial charge in [0, 0.05) is 45.9 Å². The van der Waals surface area contributed by atoms with Crippen LogP contribution in [-0.4, -0.2) is 49.0 Å². The summed E-state index contributed by atoms with van der Waals surface area (Å²) in [6.07, 6.45) is 7.56. The van der Waals surface area contributed by atoms with Gasteiger partial charge in [0.25, 0.3) is 0 Å². The van der Waals surface area contributed by atoms with Gasteiger partial charge in [0.1, 0.15) is 17.2 Å². The first kappa shape index (κ1) is 30.9.